The third kappa shape index (κ3) is 5.53. The van der Waals surface area contributed by atoms with Crippen LogP contribution in [0.2, 0.25) is 0 Å². The zero-order chi connectivity index (χ0) is 45.5. The number of fused-ring (bicyclic) bond motifs is 13. The van der Waals surface area contributed by atoms with E-state index in [1.54, 1.807) is 0 Å². The SMILES string of the molecule is c1ccc(-c2ccc(N(c3ccc4c(c3)-c3ccccc3C4(c3ccccc3)c3ccccc3)c3cccc4c3-c3ccccc3C43c4ccccc4-c4ccccc43)c(-c3ccccc3)c2)cc1. The molecule has 14 rings (SSSR count). The van der Waals surface area contributed by atoms with Crippen LogP contribution in [-0.2, 0) is 10.8 Å². The first-order valence-corrected chi connectivity index (χ1v) is 24.1. The van der Waals surface area contributed by atoms with Gasteiger partial charge in [-0.3, -0.25) is 0 Å². The van der Waals surface area contributed by atoms with Crippen molar-refractivity contribution in [2.45, 2.75) is 10.8 Å². The van der Waals surface area contributed by atoms with Crippen molar-refractivity contribution in [3.05, 3.63) is 317 Å². The van der Waals surface area contributed by atoms with Gasteiger partial charge in [0.1, 0.15) is 0 Å². The molecule has 1 spiro atoms. The van der Waals surface area contributed by atoms with Gasteiger partial charge in [0.05, 0.1) is 22.2 Å². The van der Waals surface area contributed by atoms with Gasteiger partial charge < -0.3 is 4.90 Å². The molecule has 0 amide bonds. The van der Waals surface area contributed by atoms with Crippen LogP contribution in [0.25, 0.3) is 55.6 Å². The molecule has 322 valence electrons. The van der Waals surface area contributed by atoms with Crippen molar-refractivity contribution >= 4 is 17.1 Å². The first-order valence-electron chi connectivity index (χ1n) is 24.1. The highest BCUT2D eigenvalue weighted by Gasteiger charge is 2.53. The third-order valence-corrected chi connectivity index (χ3v) is 15.4. The van der Waals surface area contributed by atoms with E-state index in [2.05, 4.69) is 278 Å². The van der Waals surface area contributed by atoms with E-state index in [1.165, 1.54) is 89.0 Å². The molecule has 0 saturated carbocycles. The Bertz CT molecular complexity index is 3690. The predicted molar refractivity (Wildman–Crippen MR) is 286 cm³/mol. The molecule has 0 aliphatic heterocycles. The molecule has 11 aromatic rings. The number of rotatable bonds is 7. The molecular weight excluding hydrogens is 831 g/mol. The van der Waals surface area contributed by atoms with Crippen LogP contribution >= 0.6 is 0 Å². The van der Waals surface area contributed by atoms with Crippen molar-refractivity contribution in [1.29, 1.82) is 0 Å². The highest BCUT2D eigenvalue weighted by Crippen LogP contribution is 2.65. The smallest absolute Gasteiger partial charge is 0.0726 e. The fraction of sp³-hybridized carbons (Fsp3) is 0.0294. The molecule has 11 aromatic carbocycles. The maximum atomic E-state index is 2.58. The van der Waals surface area contributed by atoms with E-state index < -0.39 is 10.8 Å². The molecule has 0 saturated heterocycles. The number of hydrogen-bond acceptors (Lipinski definition) is 1. The first-order chi connectivity index (χ1) is 34.3. The third-order valence-electron chi connectivity index (χ3n) is 15.4. The lowest BCUT2D eigenvalue weighted by Gasteiger charge is -2.35. The standard InChI is InChI=1S/C68H45N/c1-5-22-46(23-6-1)48-40-43-64(56(44-48)47-24-7-2-8-25-47)69(51-41-42-62-57(45-51)54-32-15-17-34-58(54)67(62,49-26-9-3-10-27-49)50-28-11-4-12-29-50)65-39-21-38-63-66(65)55-33-16-20-37-61(55)68(63)59-35-18-13-30-52(59)53-31-14-19-36-60(53)68/h1-45H. The predicted octanol–water partition coefficient (Wildman–Crippen LogP) is 17.2. The Morgan fingerprint density at radius 1 is 0.232 bits per heavy atom. The molecule has 0 atom stereocenters. The lowest BCUT2D eigenvalue weighted by molar-refractivity contribution is 0.768. The van der Waals surface area contributed by atoms with E-state index in [4.69, 9.17) is 0 Å². The van der Waals surface area contributed by atoms with Crippen LogP contribution in [0.3, 0.4) is 0 Å². The fourth-order valence-corrected chi connectivity index (χ4v) is 12.7. The van der Waals surface area contributed by atoms with Gasteiger partial charge >= 0.3 is 0 Å². The number of anilines is 3. The lowest BCUT2D eigenvalue weighted by atomic mass is 9.68. The summed E-state index contributed by atoms with van der Waals surface area (Å²) in [4.78, 5) is 2.58. The Morgan fingerprint density at radius 3 is 1.28 bits per heavy atom. The highest BCUT2D eigenvalue weighted by molar-refractivity contribution is 6.03. The minimum atomic E-state index is -0.507. The van der Waals surface area contributed by atoms with E-state index in [1.807, 2.05) is 0 Å². The summed E-state index contributed by atoms with van der Waals surface area (Å²) in [6.07, 6.45) is 0. The van der Waals surface area contributed by atoms with Crippen LogP contribution in [0.5, 0.6) is 0 Å². The van der Waals surface area contributed by atoms with Crippen molar-refractivity contribution in [1.82, 2.24) is 0 Å². The summed E-state index contributed by atoms with van der Waals surface area (Å²) < 4.78 is 0. The molecule has 0 N–H and O–H groups in total. The van der Waals surface area contributed by atoms with Crippen molar-refractivity contribution < 1.29 is 0 Å². The first kappa shape index (κ1) is 39.4. The quantitative estimate of drug-likeness (QED) is 0.154. The van der Waals surface area contributed by atoms with Gasteiger partial charge in [-0.1, -0.05) is 243 Å². The number of nitrogens with zero attached hydrogens (tertiary/aromatic N) is 1. The Morgan fingerprint density at radius 2 is 0.681 bits per heavy atom. The molecule has 69 heavy (non-hydrogen) atoms. The van der Waals surface area contributed by atoms with E-state index in [9.17, 15) is 0 Å². The maximum Gasteiger partial charge on any atom is 0.0726 e. The van der Waals surface area contributed by atoms with Gasteiger partial charge in [-0.2, -0.15) is 0 Å². The van der Waals surface area contributed by atoms with Crippen LogP contribution in [-0.4, -0.2) is 0 Å². The Kier molecular flexibility index (Phi) is 8.78. The van der Waals surface area contributed by atoms with Crippen LogP contribution in [0.4, 0.5) is 17.1 Å². The summed E-state index contributed by atoms with van der Waals surface area (Å²) in [7, 11) is 0. The van der Waals surface area contributed by atoms with E-state index in [-0.39, 0.29) is 0 Å². The van der Waals surface area contributed by atoms with Gasteiger partial charge in [0.15, 0.2) is 0 Å². The van der Waals surface area contributed by atoms with E-state index in [0.717, 1.165) is 28.2 Å². The molecule has 0 heterocycles. The summed E-state index contributed by atoms with van der Waals surface area (Å²) >= 11 is 0. The largest absolute Gasteiger partial charge is 0.309 e. The normalized spacial score (nSPS) is 13.7. The van der Waals surface area contributed by atoms with E-state index >= 15 is 0 Å². The monoisotopic (exact) mass is 875 g/mol. The van der Waals surface area contributed by atoms with Crippen molar-refractivity contribution in [3.63, 3.8) is 0 Å². The fourth-order valence-electron chi connectivity index (χ4n) is 12.7. The van der Waals surface area contributed by atoms with Gasteiger partial charge in [0, 0.05) is 16.8 Å². The summed E-state index contributed by atoms with van der Waals surface area (Å²) in [5.41, 5.74) is 25.1. The maximum absolute atomic E-state index is 2.58. The molecule has 0 bridgehead atoms. The topological polar surface area (TPSA) is 3.24 Å². The lowest BCUT2D eigenvalue weighted by Crippen LogP contribution is -2.28. The molecule has 1 nitrogen and oxygen atoms in total. The number of hydrogen-bond donors (Lipinski definition) is 0. The van der Waals surface area contributed by atoms with Crippen LogP contribution in [0.1, 0.15) is 44.5 Å². The Labute approximate surface area is 403 Å². The second-order valence-electron chi connectivity index (χ2n) is 18.6. The van der Waals surface area contributed by atoms with Crippen LogP contribution < -0.4 is 4.90 Å². The molecule has 0 unspecified atom stereocenters. The van der Waals surface area contributed by atoms with Gasteiger partial charge in [0.2, 0.25) is 0 Å². The summed E-state index contributed by atoms with van der Waals surface area (Å²) in [5.74, 6) is 0. The number of benzene rings is 11. The zero-order valence-electron chi connectivity index (χ0n) is 37.9. The van der Waals surface area contributed by atoms with Gasteiger partial charge in [0.25, 0.3) is 0 Å². The minimum Gasteiger partial charge on any atom is -0.309 e. The van der Waals surface area contributed by atoms with Gasteiger partial charge in [-0.15, -0.1) is 0 Å². The molecular formula is C68H45N. The van der Waals surface area contributed by atoms with Crippen molar-refractivity contribution in [3.8, 4) is 55.6 Å². The zero-order valence-corrected chi connectivity index (χ0v) is 37.9. The molecule has 3 aliphatic rings. The average Bonchev–Trinajstić information content (AvgIpc) is 4.02. The Balaban J connectivity index is 1.09. The van der Waals surface area contributed by atoms with Crippen molar-refractivity contribution in [2.24, 2.45) is 0 Å². The highest BCUT2D eigenvalue weighted by atomic mass is 15.1. The second-order valence-corrected chi connectivity index (χ2v) is 18.6. The second kappa shape index (κ2) is 15.4. The summed E-state index contributed by atoms with van der Waals surface area (Å²) in [6.45, 7) is 0. The summed E-state index contributed by atoms with van der Waals surface area (Å²) in [6, 6.07) is 102. The van der Waals surface area contributed by atoms with Crippen LogP contribution in [0.15, 0.2) is 273 Å². The molecule has 0 aromatic heterocycles. The van der Waals surface area contributed by atoms with Gasteiger partial charge in [-0.05, 0) is 119 Å². The minimum absolute atomic E-state index is 0.484. The molecule has 3 aliphatic carbocycles. The average molecular weight is 876 g/mol. The van der Waals surface area contributed by atoms with Crippen LogP contribution in [0, 0.1) is 0 Å². The molecule has 0 radical (unpaired) electrons. The van der Waals surface area contributed by atoms with E-state index in [0.29, 0.717) is 0 Å². The summed E-state index contributed by atoms with van der Waals surface area (Å²) in [5, 5.41) is 0. The Hall–Kier alpha value is -8.78. The molecule has 0 fully saturated rings. The van der Waals surface area contributed by atoms with Crippen molar-refractivity contribution in [2.75, 3.05) is 4.90 Å². The molecule has 1 heteroatoms. The van der Waals surface area contributed by atoms with Gasteiger partial charge in [-0.25, -0.2) is 0 Å².